The monoisotopic (exact) mass is 384 g/mol. The molecule has 6 nitrogen and oxygen atoms in total. The summed E-state index contributed by atoms with van der Waals surface area (Å²) in [5.41, 5.74) is -6.18. The van der Waals surface area contributed by atoms with E-state index < -0.39 is 58.8 Å². The maximum atomic E-state index is 13.3. The van der Waals surface area contributed by atoms with Crippen LogP contribution in [0.4, 0.5) is 27.6 Å². The zero-order chi connectivity index (χ0) is 20.2. The average Bonchev–Trinajstić information content (AvgIpc) is 2.51. The minimum atomic E-state index is -5.24. The van der Waals surface area contributed by atoms with E-state index in [4.69, 9.17) is 0 Å². The second-order valence-corrected chi connectivity index (χ2v) is 5.28. The smallest absolute Gasteiger partial charge is 0.434 e. The molecule has 0 spiro atoms. The molecule has 1 aromatic heterocycles. The van der Waals surface area contributed by atoms with Gasteiger partial charge in [0.05, 0.1) is 19.4 Å². The molecule has 0 aliphatic carbocycles. The van der Waals surface area contributed by atoms with Crippen molar-refractivity contribution in [2.45, 2.75) is 39.4 Å². The number of alkyl halides is 5. The molecule has 146 valence electrons. The van der Waals surface area contributed by atoms with Crippen molar-refractivity contribution in [3.63, 3.8) is 0 Å². The van der Waals surface area contributed by atoms with Gasteiger partial charge in [-0.15, -0.1) is 0 Å². The predicted octanol–water partition coefficient (Wildman–Crippen LogP) is 3.82. The number of aromatic nitrogens is 1. The molecule has 0 saturated carbocycles. The van der Waals surface area contributed by atoms with Gasteiger partial charge in [-0.3, -0.25) is 0 Å². The lowest BCUT2D eigenvalue weighted by atomic mass is 10.0. The van der Waals surface area contributed by atoms with E-state index in [1.807, 2.05) is 0 Å². The summed E-state index contributed by atoms with van der Waals surface area (Å²) in [6.07, 6.45) is -8.76. The van der Waals surface area contributed by atoms with Crippen LogP contribution in [0.5, 0.6) is 0 Å². The Balaban J connectivity index is 4.03. The number of nitrogens with zero attached hydrogens (tertiary/aromatic N) is 1. The minimum absolute atomic E-state index is 0.225. The highest BCUT2D eigenvalue weighted by atomic mass is 19.4. The van der Waals surface area contributed by atoms with Gasteiger partial charge in [-0.2, -0.15) is 13.2 Å². The summed E-state index contributed by atoms with van der Waals surface area (Å²) in [5.74, 6) is -2.82. The Morgan fingerprint density at radius 1 is 1.15 bits per heavy atom. The number of hydrogen-bond donors (Lipinski definition) is 1. The van der Waals surface area contributed by atoms with Gasteiger partial charge in [0.1, 0.15) is 16.8 Å². The summed E-state index contributed by atoms with van der Waals surface area (Å²) in [7, 11) is 0.812. The van der Waals surface area contributed by atoms with E-state index in [-0.39, 0.29) is 6.61 Å². The maximum Gasteiger partial charge on any atom is 0.434 e. The molecular formula is C15H17F5N2O4. The van der Waals surface area contributed by atoms with Gasteiger partial charge in [-0.25, -0.2) is 23.4 Å². The van der Waals surface area contributed by atoms with Crippen molar-refractivity contribution in [3.05, 3.63) is 22.5 Å². The first-order valence-corrected chi connectivity index (χ1v) is 7.40. The Morgan fingerprint density at radius 3 is 2.12 bits per heavy atom. The lowest BCUT2D eigenvalue weighted by molar-refractivity contribution is -0.142. The molecule has 0 aliphatic heterocycles. The second kappa shape index (κ2) is 8.28. The number of carbonyl (C=O) groups excluding carboxylic acids is 2. The normalized spacial score (nSPS) is 11.7. The molecule has 0 saturated heterocycles. The fourth-order valence-electron chi connectivity index (χ4n) is 2.11. The molecule has 0 aromatic carbocycles. The number of anilines is 1. The maximum absolute atomic E-state index is 13.3. The Morgan fingerprint density at radius 2 is 1.73 bits per heavy atom. The Kier molecular flexibility index (Phi) is 6.87. The van der Waals surface area contributed by atoms with Crippen LogP contribution in [0.25, 0.3) is 0 Å². The Bertz CT molecular complexity index is 690. The summed E-state index contributed by atoms with van der Waals surface area (Å²) in [4.78, 5) is 26.9. The molecule has 11 heteroatoms. The van der Waals surface area contributed by atoms with Crippen LogP contribution < -0.4 is 5.32 Å². The minimum Gasteiger partial charge on any atom is -0.465 e. The van der Waals surface area contributed by atoms with E-state index in [2.05, 4.69) is 19.8 Å². The molecule has 0 radical (unpaired) electrons. The fourth-order valence-corrected chi connectivity index (χ4v) is 2.11. The van der Waals surface area contributed by atoms with Crippen molar-refractivity contribution < 1.29 is 41.0 Å². The van der Waals surface area contributed by atoms with Crippen LogP contribution in [0.3, 0.4) is 0 Å². The van der Waals surface area contributed by atoms with Crippen molar-refractivity contribution in [1.29, 1.82) is 0 Å². The molecule has 0 unspecified atom stereocenters. The van der Waals surface area contributed by atoms with Crippen molar-refractivity contribution >= 4 is 17.6 Å². The number of pyridine rings is 1. The van der Waals surface area contributed by atoms with Gasteiger partial charge in [0, 0.05) is 6.04 Å². The van der Waals surface area contributed by atoms with E-state index in [1.54, 1.807) is 0 Å². The van der Waals surface area contributed by atoms with Gasteiger partial charge in [0.25, 0.3) is 6.43 Å². The Labute approximate surface area is 145 Å². The molecule has 0 aliphatic rings. The molecule has 1 heterocycles. The molecule has 26 heavy (non-hydrogen) atoms. The largest absolute Gasteiger partial charge is 0.465 e. The number of hydrogen-bond acceptors (Lipinski definition) is 6. The fraction of sp³-hybridized carbons (Fsp3) is 0.533. The number of nitrogens with one attached hydrogen (secondary N) is 1. The van der Waals surface area contributed by atoms with Gasteiger partial charge in [-0.1, -0.05) is 0 Å². The summed E-state index contributed by atoms with van der Waals surface area (Å²) < 4.78 is 75.7. The third kappa shape index (κ3) is 4.58. The van der Waals surface area contributed by atoms with E-state index in [0.29, 0.717) is 0 Å². The van der Waals surface area contributed by atoms with E-state index in [9.17, 15) is 31.5 Å². The number of halogens is 5. The summed E-state index contributed by atoms with van der Waals surface area (Å²) >= 11 is 0. The highest BCUT2D eigenvalue weighted by Crippen LogP contribution is 2.39. The van der Waals surface area contributed by atoms with Gasteiger partial charge in [-0.05, 0) is 20.8 Å². The predicted molar refractivity (Wildman–Crippen MR) is 80.3 cm³/mol. The SMILES string of the molecule is CCOC(=O)c1c(C(F)F)nc(C(F)(F)F)c(C(=O)OC)c1NC(C)C. The van der Waals surface area contributed by atoms with E-state index >= 15 is 0 Å². The van der Waals surface area contributed by atoms with Crippen molar-refractivity contribution in [1.82, 2.24) is 4.98 Å². The lowest BCUT2D eigenvalue weighted by Gasteiger charge is -2.22. The number of esters is 2. The zero-order valence-corrected chi connectivity index (χ0v) is 14.3. The third-order valence-corrected chi connectivity index (χ3v) is 3.00. The summed E-state index contributed by atoms with van der Waals surface area (Å²) in [6, 6.07) is -0.611. The van der Waals surface area contributed by atoms with E-state index in [0.717, 1.165) is 7.11 Å². The topological polar surface area (TPSA) is 77.5 Å². The van der Waals surface area contributed by atoms with Crippen LogP contribution in [0.1, 0.15) is 59.3 Å². The molecular weight excluding hydrogens is 367 g/mol. The summed E-state index contributed by atoms with van der Waals surface area (Å²) in [5, 5.41) is 2.43. The molecule has 0 amide bonds. The third-order valence-electron chi connectivity index (χ3n) is 3.00. The number of carbonyl (C=O) groups is 2. The number of methoxy groups -OCH3 is 1. The number of ether oxygens (including phenoxy) is 2. The van der Waals surface area contributed by atoms with E-state index in [1.165, 1.54) is 20.8 Å². The standard InChI is InChI=1S/C15H17F5N2O4/c1-5-26-14(24)7-9(21-6(2)3)8(13(23)25-4)11(15(18,19)20)22-10(7)12(16)17/h6,12H,5H2,1-4H3,(H,21,22). The average molecular weight is 384 g/mol. The summed E-state index contributed by atoms with van der Waals surface area (Å²) in [6.45, 7) is 4.11. The molecule has 1 N–H and O–H groups in total. The number of rotatable bonds is 6. The van der Waals surface area contributed by atoms with Crippen LogP contribution >= 0.6 is 0 Å². The Hall–Kier alpha value is -2.46. The van der Waals surface area contributed by atoms with Crippen molar-refractivity contribution in [2.75, 3.05) is 19.0 Å². The first-order chi connectivity index (χ1) is 11.9. The van der Waals surface area contributed by atoms with Crippen LogP contribution in [0.2, 0.25) is 0 Å². The molecule has 1 rings (SSSR count). The molecule has 1 aromatic rings. The molecule has 0 atom stereocenters. The van der Waals surface area contributed by atoms with Crippen LogP contribution in [-0.4, -0.2) is 36.7 Å². The van der Waals surface area contributed by atoms with Gasteiger partial charge >= 0.3 is 18.1 Å². The van der Waals surface area contributed by atoms with Gasteiger partial charge < -0.3 is 14.8 Å². The first-order valence-electron chi connectivity index (χ1n) is 7.40. The van der Waals surface area contributed by atoms with Crippen LogP contribution in [0.15, 0.2) is 0 Å². The lowest BCUT2D eigenvalue weighted by Crippen LogP contribution is -2.26. The van der Waals surface area contributed by atoms with Crippen LogP contribution in [-0.2, 0) is 15.7 Å². The molecule has 0 bridgehead atoms. The van der Waals surface area contributed by atoms with Crippen molar-refractivity contribution in [2.24, 2.45) is 0 Å². The molecule has 0 fully saturated rings. The van der Waals surface area contributed by atoms with Gasteiger partial charge in [0.15, 0.2) is 5.69 Å². The zero-order valence-electron chi connectivity index (χ0n) is 14.3. The highest BCUT2D eigenvalue weighted by Gasteiger charge is 2.43. The second-order valence-electron chi connectivity index (χ2n) is 5.28. The first kappa shape index (κ1) is 21.6. The highest BCUT2D eigenvalue weighted by molar-refractivity contribution is 6.06. The van der Waals surface area contributed by atoms with Gasteiger partial charge in [0.2, 0.25) is 0 Å². The van der Waals surface area contributed by atoms with Crippen molar-refractivity contribution in [3.8, 4) is 0 Å². The quantitative estimate of drug-likeness (QED) is 0.594. The van der Waals surface area contributed by atoms with Crippen LogP contribution in [0, 0.1) is 0 Å².